The molecule has 1 aliphatic heterocycles. The fraction of sp³-hybridized carbons (Fsp3) is 0.235. The Hall–Kier alpha value is -2.34. The van der Waals surface area contributed by atoms with Crippen LogP contribution in [0.25, 0.3) is 0 Å². The topological polar surface area (TPSA) is 80.5 Å². The van der Waals surface area contributed by atoms with Crippen LogP contribution in [0.1, 0.15) is 28.4 Å². The highest BCUT2D eigenvalue weighted by Gasteiger charge is 2.36. The summed E-state index contributed by atoms with van der Waals surface area (Å²) in [5.74, 6) is -0.630. The highest BCUT2D eigenvalue weighted by molar-refractivity contribution is 7.92. The third kappa shape index (κ3) is 2.49. The smallest absolute Gasteiger partial charge is 0.264 e. The molecule has 5 nitrogen and oxygen atoms in total. The summed E-state index contributed by atoms with van der Waals surface area (Å²) in [6.45, 7) is 3.60. The molecule has 0 aliphatic carbocycles. The first-order chi connectivity index (χ1) is 10.8. The number of benzene rings is 2. The number of hydrogen-bond donors (Lipinski definition) is 1. The number of rotatable bonds is 3. The molecule has 0 radical (unpaired) electrons. The molecule has 0 unspecified atom stereocenters. The normalized spacial score (nSPS) is 17.1. The SMILES string of the molecule is Cc1ccc(S(=O)(=O)N2c3ccccc3C[C@H]2C)cc1C(N)=O. The molecule has 23 heavy (non-hydrogen) atoms. The third-order valence-electron chi connectivity index (χ3n) is 4.18. The number of hydrogen-bond acceptors (Lipinski definition) is 3. The van der Waals surface area contributed by atoms with Gasteiger partial charge in [-0.25, -0.2) is 8.42 Å². The molecule has 2 aromatic rings. The van der Waals surface area contributed by atoms with Gasteiger partial charge in [0.25, 0.3) is 10.0 Å². The van der Waals surface area contributed by atoms with E-state index >= 15 is 0 Å². The summed E-state index contributed by atoms with van der Waals surface area (Å²) >= 11 is 0. The number of aryl methyl sites for hydroxylation is 1. The van der Waals surface area contributed by atoms with Gasteiger partial charge in [0.1, 0.15) is 0 Å². The van der Waals surface area contributed by atoms with Gasteiger partial charge in [0, 0.05) is 11.6 Å². The molecule has 2 N–H and O–H groups in total. The summed E-state index contributed by atoms with van der Waals surface area (Å²) in [7, 11) is -3.75. The number of nitrogens with zero attached hydrogens (tertiary/aromatic N) is 1. The fourth-order valence-electron chi connectivity index (χ4n) is 3.04. The van der Waals surface area contributed by atoms with Crippen LogP contribution in [-0.2, 0) is 16.4 Å². The van der Waals surface area contributed by atoms with E-state index in [1.807, 2.05) is 25.1 Å². The molecule has 0 fully saturated rings. The van der Waals surface area contributed by atoms with Crippen molar-refractivity contribution in [1.29, 1.82) is 0 Å². The maximum Gasteiger partial charge on any atom is 0.264 e. The number of para-hydroxylation sites is 1. The Morgan fingerprint density at radius 2 is 1.91 bits per heavy atom. The molecule has 0 saturated carbocycles. The Bertz CT molecular complexity index is 890. The van der Waals surface area contributed by atoms with Gasteiger partial charge in [-0.2, -0.15) is 0 Å². The minimum absolute atomic E-state index is 0.0838. The predicted molar refractivity (Wildman–Crippen MR) is 89.0 cm³/mol. The van der Waals surface area contributed by atoms with Gasteiger partial charge in [-0.1, -0.05) is 24.3 Å². The number of sulfonamides is 1. The summed E-state index contributed by atoms with van der Waals surface area (Å²) in [6.07, 6.45) is 0.671. The highest BCUT2D eigenvalue weighted by Crippen LogP contribution is 2.36. The first-order valence-electron chi connectivity index (χ1n) is 7.35. The van der Waals surface area contributed by atoms with Crippen LogP contribution >= 0.6 is 0 Å². The van der Waals surface area contributed by atoms with Gasteiger partial charge < -0.3 is 5.73 Å². The highest BCUT2D eigenvalue weighted by atomic mass is 32.2. The lowest BCUT2D eigenvalue weighted by atomic mass is 10.1. The fourth-order valence-corrected chi connectivity index (χ4v) is 4.76. The average molecular weight is 330 g/mol. The Kier molecular flexibility index (Phi) is 3.64. The van der Waals surface area contributed by atoms with E-state index in [0.717, 1.165) is 5.56 Å². The zero-order valence-electron chi connectivity index (χ0n) is 13.0. The summed E-state index contributed by atoms with van der Waals surface area (Å²) in [5.41, 5.74) is 7.92. The van der Waals surface area contributed by atoms with E-state index in [9.17, 15) is 13.2 Å². The van der Waals surface area contributed by atoms with Crippen LogP contribution in [0.2, 0.25) is 0 Å². The number of nitrogens with two attached hydrogens (primary N) is 1. The van der Waals surface area contributed by atoms with Crippen LogP contribution in [0, 0.1) is 6.92 Å². The van der Waals surface area contributed by atoms with Crippen LogP contribution in [0.15, 0.2) is 47.4 Å². The van der Waals surface area contributed by atoms with E-state index in [1.165, 1.54) is 16.4 Å². The number of fused-ring (bicyclic) bond motifs is 1. The number of amides is 1. The van der Waals surface area contributed by atoms with Crippen LogP contribution < -0.4 is 10.0 Å². The molecule has 0 bridgehead atoms. The molecule has 1 amide bonds. The van der Waals surface area contributed by atoms with Crippen molar-refractivity contribution in [2.75, 3.05) is 4.31 Å². The van der Waals surface area contributed by atoms with Crippen LogP contribution in [0.5, 0.6) is 0 Å². The molecule has 1 atom stereocenters. The predicted octanol–water partition coefficient (Wildman–Crippen LogP) is 2.23. The van der Waals surface area contributed by atoms with Gasteiger partial charge in [0.05, 0.1) is 10.6 Å². The van der Waals surface area contributed by atoms with E-state index in [0.29, 0.717) is 17.7 Å². The van der Waals surface area contributed by atoms with E-state index in [-0.39, 0.29) is 16.5 Å². The maximum absolute atomic E-state index is 13.1. The second-order valence-electron chi connectivity index (χ2n) is 5.82. The number of carbonyl (C=O) groups excluding carboxylic acids is 1. The van der Waals surface area contributed by atoms with Crippen molar-refractivity contribution in [3.8, 4) is 0 Å². The lowest BCUT2D eigenvalue weighted by Crippen LogP contribution is -2.35. The lowest BCUT2D eigenvalue weighted by Gasteiger charge is -2.24. The monoisotopic (exact) mass is 330 g/mol. The van der Waals surface area contributed by atoms with Crippen LogP contribution in [-0.4, -0.2) is 20.4 Å². The zero-order valence-corrected chi connectivity index (χ0v) is 13.8. The van der Waals surface area contributed by atoms with Gasteiger partial charge in [-0.05, 0) is 49.6 Å². The molecule has 0 saturated heterocycles. The van der Waals surface area contributed by atoms with E-state index in [2.05, 4.69) is 0 Å². The van der Waals surface area contributed by atoms with Crippen molar-refractivity contribution in [3.63, 3.8) is 0 Å². The Morgan fingerprint density at radius 1 is 1.22 bits per heavy atom. The number of carbonyl (C=O) groups is 1. The standard InChI is InChI=1S/C17H18N2O3S/c1-11-7-8-14(10-15(11)17(18)20)23(21,22)19-12(2)9-13-5-3-4-6-16(13)19/h3-8,10,12H,9H2,1-2H3,(H2,18,20)/t12-/m1/s1. The van der Waals surface area contributed by atoms with Crippen molar-refractivity contribution in [1.82, 2.24) is 0 Å². The van der Waals surface area contributed by atoms with Gasteiger partial charge in [-0.15, -0.1) is 0 Å². The second-order valence-corrected chi connectivity index (χ2v) is 7.64. The van der Waals surface area contributed by atoms with Gasteiger partial charge in [0.2, 0.25) is 5.91 Å². The molecule has 1 heterocycles. The van der Waals surface area contributed by atoms with Crippen molar-refractivity contribution in [2.24, 2.45) is 5.73 Å². The minimum Gasteiger partial charge on any atom is -0.366 e. The van der Waals surface area contributed by atoms with Crippen molar-refractivity contribution in [2.45, 2.75) is 31.2 Å². The van der Waals surface area contributed by atoms with Crippen molar-refractivity contribution >= 4 is 21.6 Å². The van der Waals surface area contributed by atoms with Crippen molar-refractivity contribution in [3.05, 3.63) is 59.2 Å². The average Bonchev–Trinajstić information content (AvgIpc) is 2.83. The van der Waals surface area contributed by atoms with Crippen LogP contribution in [0.3, 0.4) is 0 Å². The second kappa shape index (κ2) is 5.38. The van der Waals surface area contributed by atoms with Gasteiger partial charge >= 0.3 is 0 Å². The summed E-state index contributed by atoms with van der Waals surface area (Å²) in [4.78, 5) is 11.6. The minimum atomic E-state index is -3.75. The largest absolute Gasteiger partial charge is 0.366 e. The van der Waals surface area contributed by atoms with E-state index in [4.69, 9.17) is 5.73 Å². The van der Waals surface area contributed by atoms with Gasteiger partial charge in [0.15, 0.2) is 0 Å². The van der Waals surface area contributed by atoms with Crippen molar-refractivity contribution < 1.29 is 13.2 Å². The molecule has 3 rings (SSSR count). The molecule has 6 heteroatoms. The van der Waals surface area contributed by atoms with E-state index in [1.54, 1.807) is 19.1 Å². The van der Waals surface area contributed by atoms with Gasteiger partial charge in [-0.3, -0.25) is 9.10 Å². The zero-order chi connectivity index (χ0) is 16.8. The third-order valence-corrected chi connectivity index (χ3v) is 6.10. The molecule has 0 spiro atoms. The Morgan fingerprint density at radius 3 is 2.61 bits per heavy atom. The molecule has 2 aromatic carbocycles. The maximum atomic E-state index is 13.1. The Labute approximate surface area is 135 Å². The molecule has 120 valence electrons. The molecular formula is C17H18N2O3S. The Balaban J connectivity index is 2.13. The molecular weight excluding hydrogens is 312 g/mol. The first-order valence-corrected chi connectivity index (χ1v) is 8.79. The number of primary amides is 1. The number of anilines is 1. The summed E-state index contributed by atoms with van der Waals surface area (Å²) < 4.78 is 27.6. The molecule has 1 aliphatic rings. The van der Waals surface area contributed by atoms with Crippen LogP contribution in [0.4, 0.5) is 5.69 Å². The quantitative estimate of drug-likeness (QED) is 0.937. The lowest BCUT2D eigenvalue weighted by molar-refractivity contribution is 0.0999. The summed E-state index contributed by atoms with van der Waals surface area (Å²) in [6, 6.07) is 11.8. The summed E-state index contributed by atoms with van der Waals surface area (Å²) in [5, 5.41) is 0. The molecule has 0 aromatic heterocycles. The van der Waals surface area contributed by atoms with E-state index < -0.39 is 15.9 Å². The first kappa shape index (κ1) is 15.6.